The van der Waals surface area contributed by atoms with Gasteiger partial charge in [-0.05, 0) is 37.5 Å². The van der Waals surface area contributed by atoms with Crippen LogP contribution in [0.2, 0.25) is 0 Å². The van der Waals surface area contributed by atoms with E-state index in [4.69, 9.17) is 5.26 Å². The fraction of sp³-hybridized carbons (Fsp3) is 0.474. The molecule has 128 valence electrons. The summed E-state index contributed by atoms with van der Waals surface area (Å²) < 4.78 is 0. The van der Waals surface area contributed by atoms with Gasteiger partial charge in [0.05, 0.1) is 11.6 Å². The van der Waals surface area contributed by atoms with Crippen molar-refractivity contribution in [3.05, 3.63) is 47.5 Å². The number of hydrogen-bond acceptors (Lipinski definition) is 3. The van der Waals surface area contributed by atoms with Crippen molar-refractivity contribution in [3.63, 3.8) is 0 Å². The number of guanidine groups is 1. The summed E-state index contributed by atoms with van der Waals surface area (Å²) in [7, 11) is 1.79. The van der Waals surface area contributed by atoms with E-state index in [-0.39, 0.29) is 0 Å². The van der Waals surface area contributed by atoms with Crippen LogP contribution in [0.4, 0.5) is 0 Å². The number of likely N-dealkylation sites (tertiary alicyclic amines) is 1. The number of rotatable bonds is 5. The minimum absolute atomic E-state index is 0.447. The Kier molecular flexibility index (Phi) is 6.83. The number of piperidine rings is 1. The lowest BCUT2D eigenvalue weighted by atomic mass is 10.0. The van der Waals surface area contributed by atoms with Crippen LogP contribution in [0.5, 0.6) is 0 Å². The average Bonchev–Trinajstić information content (AvgIpc) is 2.59. The number of nitriles is 1. The van der Waals surface area contributed by atoms with E-state index in [0.717, 1.165) is 44.0 Å². The van der Waals surface area contributed by atoms with Crippen LogP contribution in [0.3, 0.4) is 0 Å². The van der Waals surface area contributed by atoms with Crippen LogP contribution in [0, 0.1) is 11.3 Å². The van der Waals surface area contributed by atoms with Crippen LogP contribution in [0.15, 0.2) is 41.4 Å². The molecular formula is C19H27N5. The number of nitrogens with one attached hydrogen (secondary N) is 2. The highest BCUT2D eigenvalue weighted by atomic mass is 15.2. The van der Waals surface area contributed by atoms with Crippen molar-refractivity contribution >= 4 is 5.96 Å². The molecule has 0 unspecified atom stereocenters. The second kappa shape index (κ2) is 9.09. The first-order chi connectivity index (χ1) is 11.6. The van der Waals surface area contributed by atoms with Gasteiger partial charge in [-0.3, -0.25) is 9.89 Å². The van der Waals surface area contributed by atoms with Gasteiger partial charge in [0.1, 0.15) is 0 Å². The van der Waals surface area contributed by atoms with Crippen LogP contribution < -0.4 is 10.6 Å². The molecule has 0 aliphatic carbocycles. The molecule has 2 N–H and O–H groups in total. The van der Waals surface area contributed by atoms with Gasteiger partial charge in [0.25, 0.3) is 0 Å². The maximum absolute atomic E-state index is 8.96. The summed E-state index contributed by atoms with van der Waals surface area (Å²) in [6.07, 6.45) is 2.22. The molecule has 0 radical (unpaired) electrons. The van der Waals surface area contributed by atoms with Gasteiger partial charge >= 0.3 is 0 Å². The highest BCUT2D eigenvalue weighted by molar-refractivity contribution is 5.79. The lowest BCUT2D eigenvalue weighted by Crippen LogP contribution is -2.48. The number of aliphatic imine (C=N–C) groups is 1. The van der Waals surface area contributed by atoms with E-state index in [9.17, 15) is 0 Å². The van der Waals surface area contributed by atoms with E-state index < -0.39 is 0 Å². The molecule has 1 fully saturated rings. The fourth-order valence-corrected chi connectivity index (χ4v) is 2.94. The molecule has 2 rings (SSSR count). The van der Waals surface area contributed by atoms with Crippen molar-refractivity contribution in [2.45, 2.75) is 32.4 Å². The smallest absolute Gasteiger partial charge is 0.191 e. The molecule has 0 saturated carbocycles. The third-order valence-corrected chi connectivity index (χ3v) is 4.16. The predicted molar refractivity (Wildman–Crippen MR) is 98.8 cm³/mol. The van der Waals surface area contributed by atoms with E-state index >= 15 is 0 Å². The summed E-state index contributed by atoms with van der Waals surface area (Å²) in [5, 5.41) is 15.8. The van der Waals surface area contributed by atoms with Crippen LogP contribution in [-0.4, -0.2) is 43.6 Å². The van der Waals surface area contributed by atoms with Crippen molar-refractivity contribution in [1.82, 2.24) is 15.5 Å². The lowest BCUT2D eigenvalue weighted by molar-refractivity contribution is 0.221. The molecule has 1 aromatic rings. The first-order valence-corrected chi connectivity index (χ1v) is 8.43. The molecular weight excluding hydrogens is 298 g/mol. The minimum atomic E-state index is 0.447. The molecule has 5 nitrogen and oxygen atoms in total. The van der Waals surface area contributed by atoms with Crippen molar-refractivity contribution in [2.75, 3.05) is 26.7 Å². The van der Waals surface area contributed by atoms with Crippen molar-refractivity contribution in [3.8, 4) is 6.07 Å². The van der Waals surface area contributed by atoms with E-state index in [1.54, 1.807) is 7.05 Å². The van der Waals surface area contributed by atoms with Gasteiger partial charge in [-0.2, -0.15) is 5.26 Å². The van der Waals surface area contributed by atoms with Crippen LogP contribution in [0.1, 0.15) is 30.9 Å². The molecule has 0 atom stereocenters. The fourth-order valence-electron chi connectivity index (χ4n) is 2.94. The normalized spacial score (nSPS) is 16.5. The Hall–Kier alpha value is -2.32. The van der Waals surface area contributed by atoms with Gasteiger partial charge in [-0.1, -0.05) is 24.3 Å². The first kappa shape index (κ1) is 18.0. The van der Waals surface area contributed by atoms with Crippen LogP contribution in [-0.2, 0) is 6.54 Å². The predicted octanol–water partition coefficient (Wildman–Crippen LogP) is 2.26. The third-order valence-electron chi connectivity index (χ3n) is 4.16. The minimum Gasteiger partial charge on any atom is -0.354 e. The monoisotopic (exact) mass is 325 g/mol. The van der Waals surface area contributed by atoms with Crippen molar-refractivity contribution in [2.24, 2.45) is 4.99 Å². The van der Waals surface area contributed by atoms with Crippen molar-refractivity contribution < 1.29 is 0 Å². The van der Waals surface area contributed by atoms with E-state index in [0.29, 0.717) is 18.2 Å². The third kappa shape index (κ3) is 5.71. The standard InChI is InChI=1S/C19H27N5/c1-15(2)14-24-9-7-18(8-10-24)23-19(21-3)22-13-17-6-4-5-16(11-17)12-20/h4-6,11,18H,1,7-10,13-14H2,2-3H3,(H2,21,22,23). The van der Waals surface area contributed by atoms with E-state index in [1.165, 1.54) is 5.57 Å². The van der Waals surface area contributed by atoms with Gasteiger partial charge in [0.2, 0.25) is 0 Å². The van der Waals surface area contributed by atoms with Crippen LogP contribution >= 0.6 is 0 Å². The largest absolute Gasteiger partial charge is 0.354 e. The van der Waals surface area contributed by atoms with Gasteiger partial charge in [-0.25, -0.2) is 0 Å². The second-order valence-electron chi connectivity index (χ2n) is 6.39. The lowest BCUT2D eigenvalue weighted by Gasteiger charge is -2.33. The number of nitrogens with zero attached hydrogens (tertiary/aromatic N) is 3. The van der Waals surface area contributed by atoms with Crippen LogP contribution in [0.25, 0.3) is 0 Å². The van der Waals surface area contributed by atoms with Gasteiger partial charge < -0.3 is 10.6 Å². The Morgan fingerprint density at radius 2 is 2.17 bits per heavy atom. The van der Waals surface area contributed by atoms with Gasteiger partial charge in [0, 0.05) is 39.3 Å². The zero-order valence-corrected chi connectivity index (χ0v) is 14.7. The Morgan fingerprint density at radius 1 is 1.42 bits per heavy atom. The Balaban J connectivity index is 1.79. The molecule has 1 aliphatic heterocycles. The Bertz CT molecular complexity index is 621. The quantitative estimate of drug-likeness (QED) is 0.495. The molecule has 1 heterocycles. The molecule has 0 amide bonds. The molecule has 1 aliphatic rings. The van der Waals surface area contributed by atoms with Gasteiger partial charge in [-0.15, -0.1) is 0 Å². The Morgan fingerprint density at radius 3 is 2.79 bits per heavy atom. The highest BCUT2D eigenvalue weighted by Crippen LogP contribution is 2.11. The maximum Gasteiger partial charge on any atom is 0.191 e. The molecule has 5 heteroatoms. The van der Waals surface area contributed by atoms with E-state index in [1.807, 2.05) is 24.3 Å². The summed E-state index contributed by atoms with van der Waals surface area (Å²) in [6, 6.07) is 10.2. The van der Waals surface area contributed by atoms with Gasteiger partial charge in [0.15, 0.2) is 5.96 Å². The molecule has 0 aromatic heterocycles. The molecule has 1 saturated heterocycles. The molecule has 0 spiro atoms. The summed E-state index contributed by atoms with van der Waals surface area (Å²) >= 11 is 0. The summed E-state index contributed by atoms with van der Waals surface area (Å²) in [4.78, 5) is 6.76. The van der Waals surface area contributed by atoms with Crippen molar-refractivity contribution in [1.29, 1.82) is 5.26 Å². The summed E-state index contributed by atoms with van der Waals surface area (Å²) in [6.45, 7) is 9.90. The maximum atomic E-state index is 8.96. The molecule has 0 bridgehead atoms. The topological polar surface area (TPSA) is 63.4 Å². The summed E-state index contributed by atoms with van der Waals surface area (Å²) in [5.41, 5.74) is 2.98. The highest BCUT2D eigenvalue weighted by Gasteiger charge is 2.19. The first-order valence-electron chi connectivity index (χ1n) is 8.43. The molecule has 1 aromatic carbocycles. The zero-order valence-electron chi connectivity index (χ0n) is 14.7. The Labute approximate surface area is 145 Å². The second-order valence-corrected chi connectivity index (χ2v) is 6.39. The summed E-state index contributed by atoms with van der Waals surface area (Å²) in [5.74, 6) is 0.815. The van der Waals surface area contributed by atoms with E-state index in [2.05, 4.69) is 40.1 Å². The SMILES string of the molecule is C=C(C)CN1CCC(NC(=NC)NCc2cccc(C#N)c2)CC1. The molecule has 24 heavy (non-hydrogen) atoms. The zero-order chi connectivity index (χ0) is 17.4. The number of hydrogen-bond donors (Lipinski definition) is 2. The average molecular weight is 325 g/mol. The number of benzene rings is 1.